The summed E-state index contributed by atoms with van der Waals surface area (Å²) in [4.78, 5) is 13.8. The fourth-order valence-corrected chi connectivity index (χ4v) is 1.89. The second-order valence-corrected chi connectivity index (χ2v) is 4.90. The standard InChI is InChI=1S/C11H23N3O/c1-11(2,6-7-12)13-10(15)14-8-4-3-5-9-14/h3-9,12H2,1-2H3,(H,13,15). The van der Waals surface area contributed by atoms with Gasteiger partial charge in [0.1, 0.15) is 0 Å². The first-order valence-electron chi connectivity index (χ1n) is 5.82. The van der Waals surface area contributed by atoms with Crippen LogP contribution in [0.1, 0.15) is 39.5 Å². The molecule has 1 aliphatic heterocycles. The van der Waals surface area contributed by atoms with Gasteiger partial charge in [0, 0.05) is 18.6 Å². The summed E-state index contributed by atoms with van der Waals surface area (Å²) >= 11 is 0. The Morgan fingerprint density at radius 1 is 1.33 bits per heavy atom. The van der Waals surface area contributed by atoms with E-state index in [4.69, 9.17) is 5.73 Å². The minimum Gasteiger partial charge on any atom is -0.333 e. The Morgan fingerprint density at radius 3 is 2.47 bits per heavy atom. The van der Waals surface area contributed by atoms with Crippen LogP contribution in [-0.2, 0) is 0 Å². The van der Waals surface area contributed by atoms with E-state index in [1.807, 2.05) is 18.7 Å². The van der Waals surface area contributed by atoms with E-state index in [1.54, 1.807) is 0 Å². The zero-order valence-electron chi connectivity index (χ0n) is 9.88. The molecule has 1 rings (SSSR count). The maximum absolute atomic E-state index is 11.9. The van der Waals surface area contributed by atoms with Gasteiger partial charge in [-0.05, 0) is 46.1 Å². The molecule has 0 atom stereocenters. The number of nitrogens with two attached hydrogens (primary N) is 1. The number of rotatable bonds is 3. The van der Waals surface area contributed by atoms with Crippen molar-refractivity contribution in [1.82, 2.24) is 10.2 Å². The van der Waals surface area contributed by atoms with E-state index in [0.717, 1.165) is 32.4 Å². The first kappa shape index (κ1) is 12.3. The van der Waals surface area contributed by atoms with Crippen molar-refractivity contribution in [2.75, 3.05) is 19.6 Å². The monoisotopic (exact) mass is 213 g/mol. The molecule has 0 aliphatic carbocycles. The van der Waals surface area contributed by atoms with Gasteiger partial charge in [0.15, 0.2) is 0 Å². The second kappa shape index (κ2) is 5.35. The molecule has 1 heterocycles. The van der Waals surface area contributed by atoms with Crippen LogP contribution < -0.4 is 11.1 Å². The molecule has 1 fully saturated rings. The number of amides is 2. The molecular formula is C11H23N3O. The van der Waals surface area contributed by atoms with Crippen LogP contribution in [-0.4, -0.2) is 36.1 Å². The van der Waals surface area contributed by atoms with E-state index >= 15 is 0 Å². The molecule has 88 valence electrons. The first-order chi connectivity index (χ1) is 7.05. The van der Waals surface area contributed by atoms with Crippen LogP contribution in [0.25, 0.3) is 0 Å². The number of carbonyl (C=O) groups excluding carboxylic acids is 1. The normalized spacial score (nSPS) is 17.7. The molecule has 4 heteroatoms. The van der Waals surface area contributed by atoms with Crippen LogP contribution in [0, 0.1) is 0 Å². The summed E-state index contributed by atoms with van der Waals surface area (Å²) < 4.78 is 0. The van der Waals surface area contributed by atoms with Crippen molar-refractivity contribution in [3.63, 3.8) is 0 Å². The molecule has 0 spiro atoms. The zero-order valence-corrected chi connectivity index (χ0v) is 9.88. The zero-order chi connectivity index (χ0) is 11.3. The van der Waals surface area contributed by atoms with Crippen molar-refractivity contribution in [3.8, 4) is 0 Å². The molecule has 0 aromatic carbocycles. The minimum absolute atomic E-state index is 0.0631. The predicted molar refractivity (Wildman–Crippen MR) is 61.7 cm³/mol. The third kappa shape index (κ3) is 4.08. The van der Waals surface area contributed by atoms with Crippen molar-refractivity contribution in [3.05, 3.63) is 0 Å². The van der Waals surface area contributed by atoms with Crippen LogP contribution in [0.3, 0.4) is 0 Å². The molecule has 0 saturated carbocycles. The van der Waals surface area contributed by atoms with Crippen LogP contribution >= 0.6 is 0 Å². The van der Waals surface area contributed by atoms with Gasteiger partial charge in [0.25, 0.3) is 0 Å². The Labute approximate surface area is 92.2 Å². The van der Waals surface area contributed by atoms with E-state index < -0.39 is 0 Å². The van der Waals surface area contributed by atoms with Gasteiger partial charge < -0.3 is 16.0 Å². The number of hydrogen-bond acceptors (Lipinski definition) is 2. The number of piperidine rings is 1. The average Bonchev–Trinajstić information content (AvgIpc) is 2.18. The lowest BCUT2D eigenvalue weighted by atomic mass is 10.0. The summed E-state index contributed by atoms with van der Waals surface area (Å²) in [5.41, 5.74) is 5.31. The number of nitrogens with zero attached hydrogens (tertiary/aromatic N) is 1. The van der Waals surface area contributed by atoms with Gasteiger partial charge in [-0.15, -0.1) is 0 Å². The molecule has 0 aromatic rings. The van der Waals surface area contributed by atoms with E-state index in [9.17, 15) is 4.79 Å². The molecule has 3 N–H and O–H groups in total. The number of nitrogens with one attached hydrogen (secondary N) is 1. The maximum atomic E-state index is 11.9. The Balaban J connectivity index is 2.39. The molecule has 15 heavy (non-hydrogen) atoms. The summed E-state index contributed by atoms with van der Waals surface area (Å²) in [5, 5.41) is 3.03. The first-order valence-corrected chi connectivity index (χ1v) is 5.82. The third-order valence-corrected chi connectivity index (χ3v) is 2.86. The van der Waals surface area contributed by atoms with Gasteiger partial charge in [0.05, 0.1) is 0 Å². The third-order valence-electron chi connectivity index (χ3n) is 2.86. The molecule has 0 aromatic heterocycles. The number of likely N-dealkylation sites (tertiary alicyclic amines) is 1. The van der Waals surface area contributed by atoms with Crippen molar-refractivity contribution in [1.29, 1.82) is 0 Å². The molecular weight excluding hydrogens is 190 g/mol. The van der Waals surface area contributed by atoms with Crippen molar-refractivity contribution in [2.45, 2.75) is 45.1 Å². The highest BCUT2D eigenvalue weighted by atomic mass is 16.2. The highest BCUT2D eigenvalue weighted by Gasteiger charge is 2.23. The molecule has 0 bridgehead atoms. The lowest BCUT2D eigenvalue weighted by Gasteiger charge is -2.32. The topological polar surface area (TPSA) is 58.4 Å². The van der Waals surface area contributed by atoms with Crippen molar-refractivity contribution >= 4 is 6.03 Å². The van der Waals surface area contributed by atoms with Gasteiger partial charge in [-0.25, -0.2) is 4.79 Å². The fourth-order valence-electron chi connectivity index (χ4n) is 1.89. The van der Waals surface area contributed by atoms with Gasteiger partial charge in [-0.3, -0.25) is 0 Å². The molecule has 0 unspecified atom stereocenters. The van der Waals surface area contributed by atoms with Crippen LogP contribution in [0.15, 0.2) is 0 Å². The van der Waals surface area contributed by atoms with Gasteiger partial charge in [-0.1, -0.05) is 0 Å². The van der Waals surface area contributed by atoms with E-state index in [1.165, 1.54) is 6.42 Å². The number of carbonyl (C=O) groups is 1. The smallest absolute Gasteiger partial charge is 0.317 e. The lowest BCUT2D eigenvalue weighted by Crippen LogP contribution is -2.51. The molecule has 4 nitrogen and oxygen atoms in total. The lowest BCUT2D eigenvalue weighted by molar-refractivity contribution is 0.175. The molecule has 0 radical (unpaired) electrons. The Morgan fingerprint density at radius 2 is 1.93 bits per heavy atom. The van der Waals surface area contributed by atoms with Crippen LogP contribution in [0.4, 0.5) is 4.79 Å². The van der Waals surface area contributed by atoms with E-state index in [0.29, 0.717) is 6.54 Å². The van der Waals surface area contributed by atoms with Crippen LogP contribution in [0.5, 0.6) is 0 Å². The number of urea groups is 1. The van der Waals surface area contributed by atoms with Crippen LogP contribution in [0.2, 0.25) is 0 Å². The summed E-state index contributed by atoms with van der Waals surface area (Å²) in [6.45, 7) is 6.42. The second-order valence-electron chi connectivity index (χ2n) is 4.90. The summed E-state index contributed by atoms with van der Waals surface area (Å²) in [6, 6.07) is 0.0631. The minimum atomic E-state index is -0.191. The van der Waals surface area contributed by atoms with E-state index in [2.05, 4.69) is 5.32 Å². The largest absolute Gasteiger partial charge is 0.333 e. The predicted octanol–water partition coefficient (Wildman–Crippen LogP) is 1.31. The van der Waals surface area contributed by atoms with Gasteiger partial charge in [-0.2, -0.15) is 0 Å². The SMILES string of the molecule is CC(C)(CCN)NC(=O)N1CCCCC1. The molecule has 1 aliphatic rings. The van der Waals surface area contributed by atoms with Gasteiger partial charge >= 0.3 is 6.03 Å². The Bertz CT molecular complexity index is 210. The summed E-state index contributed by atoms with van der Waals surface area (Å²) in [5.74, 6) is 0. The van der Waals surface area contributed by atoms with E-state index in [-0.39, 0.29) is 11.6 Å². The fraction of sp³-hybridized carbons (Fsp3) is 0.909. The highest BCUT2D eigenvalue weighted by molar-refractivity contribution is 5.75. The Kier molecular flexibility index (Phi) is 4.39. The van der Waals surface area contributed by atoms with Crippen molar-refractivity contribution < 1.29 is 4.79 Å². The summed E-state index contributed by atoms with van der Waals surface area (Å²) in [6.07, 6.45) is 4.32. The molecule has 2 amide bonds. The number of hydrogen-bond donors (Lipinski definition) is 2. The highest BCUT2D eigenvalue weighted by Crippen LogP contribution is 2.12. The quantitative estimate of drug-likeness (QED) is 0.742. The van der Waals surface area contributed by atoms with Crippen molar-refractivity contribution in [2.24, 2.45) is 5.73 Å². The summed E-state index contributed by atoms with van der Waals surface area (Å²) in [7, 11) is 0. The molecule has 1 saturated heterocycles. The Hall–Kier alpha value is -0.770. The maximum Gasteiger partial charge on any atom is 0.317 e. The van der Waals surface area contributed by atoms with Gasteiger partial charge in [0.2, 0.25) is 0 Å². The average molecular weight is 213 g/mol.